The van der Waals surface area contributed by atoms with E-state index in [4.69, 9.17) is 28.9 Å². The third-order valence-electron chi connectivity index (χ3n) is 13.5. The molecule has 0 bridgehead atoms. The van der Waals surface area contributed by atoms with Gasteiger partial charge in [-0.2, -0.15) is 0 Å². The Morgan fingerprint density at radius 3 is 1.35 bits per heavy atom. The molecule has 0 aliphatic carbocycles. The first-order valence-corrected chi connectivity index (χ1v) is 22.7. The first-order chi connectivity index (χ1) is 32.5. The Labute approximate surface area is 380 Å². The number of hydrogen-bond acceptors (Lipinski definition) is 10. The van der Waals surface area contributed by atoms with Crippen LogP contribution in [-0.2, 0) is 28.5 Å². The van der Waals surface area contributed by atoms with Crippen LogP contribution in [0.2, 0.25) is 0 Å². The maximum absolute atomic E-state index is 14.2. The average molecular weight is 881 g/mol. The fourth-order valence-corrected chi connectivity index (χ4v) is 9.95. The molecule has 14 nitrogen and oxygen atoms in total. The Balaban J connectivity index is 0.759. The second-order valence-electron chi connectivity index (χ2n) is 17.5. The zero-order valence-electron chi connectivity index (χ0n) is 36.1. The van der Waals surface area contributed by atoms with E-state index in [0.29, 0.717) is 13.1 Å². The molecule has 0 spiro atoms. The lowest BCUT2D eigenvalue weighted by molar-refractivity contribution is -0.335. The number of H-pyrrole nitrogens is 2. The second kappa shape index (κ2) is 17.2. The van der Waals surface area contributed by atoms with Crippen molar-refractivity contribution in [1.82, 2.24) is 40.4 Å². The number of aromatic amines is 2. The van der Waals surface area contributed by atoms with Crippen LogP contribution in [0.4, 0.5) is 0 Å². The van der Waals surface area contributed by atoms with Gasteiger partial charge in [-0.05, 0) is 106 Å². The van der Waals surface area contributed by atoms with Crippen LogP contribution in [0.15, 0.2) is 133 Å². The van der Waals surface area contributed by atoms with Gasteiger partial charge in [0, 0.05) is 13.1 Å². The highest BCUT2D eigenvalue weighted by molar-refractivity contribution is 5.93. The van der Waals surface area contributed by atoms with E-state index < -0.39 is 24.9 Å². The molecule has 0 unspecified atom stereocenters. The van der Waals surface area contributed by atoms with Gasteiger partial charge in [-0.3, -0.25) is 20.2 Å². The molecule has 0 radical (unpaired) electrons. The summed E-state index contributed by atoms with van der Waals surface area (Å²) >= 11 is 0. The molecule has 4 N–H and O–H groups in total. The maximum Gasteiger partial charge on any atom is 0.245 e. The Hall–Kier alpha value is -6.78. The molecule has 8 aromatic rings. The number of rotatable bonds is 12. The quantitative estimate of drug-likeness (QED) is 0.0938. The monoisotopic (exact) mass is 880 g/mol. The van der Waals surface area contributed by atoms with Gasteiger partial charge in [0.1, 0.15) is 23.7 Å². The van der Waals surface area contributed by atoms with Crippen LogP contribution in [-0.4, -0.2) is 81.1 Å². The first-order valence-electron chi connectivity index (χ1n) is 22.7. The lowest BCUT2D eigenvalue weighted by atomic mass is 9.97. The van der Waals surface area contributed by atoms with Crippen LogP contribution in [0.3, 0.4) is 0 Å². The van der Waals surface area contributed by atoms with Gasteiger partial charge in [-0.1, -0.05) is 97.1 Å². The highest BCUT2D eigenvalue weighted by atomic mass is 16.9. The van der Waals surface area contributed by atoms with Crippen molar-refractivity contribution in [2.75, 3.05) is 26.7 Å². The molecule has 14 heteroatoms. The standard InChI is InChI=1S/C52H48N8O6/c61-49(45(57-51-63-29-64-51)31-9-3-1-4-10-31)59-23-7-13-43(59)47-53-39-21-19-37(27-41(39)55-47)35-17-15-34-26-36(18-16-33(34)25-35)38-20-22-40-42(28-38)56-48(54-40)44-14-8-24-60(44)50(62)46(58-52-65-30-66-52)32-11-5-2-6-12-32/h1-6,9-12,15-22,25-28,43-46,51-52,57-58H,7-8,13-14,23-24,29-30H2,(H,53,55)(H,54,56)/t43-,44-,45+,46+/m0/s1. The summed E-state index contributed by atoms with van der Waals surface area (Å²) in [5, 5.41) is 8.75. The van der Waals surface area contributed by atoms with Gasteiger partial charge in [-0.25, -0.2) is 9.97 Å². The van der Waals surface area contributed by atoms with E-state index in [-0.39, 0.29) is 37.5 Å². The number of carbonyl (C=O) groups is 2. The highest BCUT2D eigenvalue weighted by Crippen LogP contribution is 2.38. The third kappa shape index (κ3) is 7.70. The van der Waals surface area contributed by atoms with Crippen molar-refractivity contribution in [3.05, 3.63) is 156 Å². The fraction of sp³-hybridized carbons (Fsp3) is 0.269. The molecule has 6 aromatic carbocycles. The van der Waals surface area contributed by atoms with E-state index in [0.717, 1.165) is 104 Å². The topological polar surface area (TPSA) is 159 Å². The Kier molecular flexibility index (Phi) is 10.6. The van der Waals surface area contributed by atoms with Crippen LogP contribution >= 0.6 is 0 Å². The van der Waals surface area contributed by atoms with Crippen LogP contribution in [0, 0.1) is 0 Å². The van der Waals surface area contributed by atoms with E-state index >= 15 is 0 Å². The summed E-state index contributed by atoms with van der Waals surface area (Å²) in [5.74, 6) is 1.52. The van der Waals surface area contributed by atoms with E-state index in [9.17, 15) is 9.59 Å². The summed E-state index contributed by atoms with van der Waals surface area (Å²) in [7, 11) is 0. The molecule has 4 aliphatic rings. The molecule has 2 amide bonds. The van der Waals surface area contributed by atoms with Crippen molar-refractivity contribution in [3.8, 4) is 22.3 Å². The van der Waals surface area contributed by atoms with E-state index in [1.54, 1.807) is 0 Å². The summed E-state index contributed by atoms with van der Waals surface area (Å²) in [6.45, 7) is 1.71. The van der Waals surface area contributed by atoms with Crippen molar-refractivity contribution >= 4 is 44.7 Å². The Morgan fingerprint density at radius 2 is 0.939 bits per heavy atom. The minimum atomic E-state index is -0.615. The van der Waals surface area contributed by atoms with Gasteiger partial charge < -0.3 is 38.7 Å². The van der Waals surface area contributed by atoms with E-state index in [1.165, 1.54) is 0 Å². The normalized spacial score (nSPS) is 19.9. The summed E-state index contributed by atoms with van der Waals surface area (Å²) < 4.78 is 21.8. The molecule has 12 rings (SSSR count). The predicted molar refractivity (Wildman–Crippen MR) is 248 cm³/mol. The van der Waals surface area contributed by atoms with Crippen LogP contribution in [0.1, 0.15) is 72.6 Å². The molecule has 4 fully saturated rings. The van der Waals surface area contributed by atoms with Crippen LogP contribution in [0.5, 0.6) is 0 Å². The molecule has 2 aromatic heterocycles. The largest absolute Gasteiger partial charge is 0.340 e. The lowest BCUT2D eigenvalue weighted by Gasteiger charge is -2.34. The number of benzene rings is 6. The number of likely N-dealkylation sites (tertiary alicyclic amines) is 2. The van der Waals surface area contributed by atoms with E-state index in [1.807, 2.05) is 70.5 Å². The number of nitrogens with one attached hydrogen (secondary N) is 4. The zero-order valence-corrected chi connectivity index (χ0v) is 36.1. The van der Waals surface area contributed by atoms with Crippen LogP contribution < -0.4 is 10.6 Å². The summed E-state index contributed by atoms with van der Waals surface area (Å²) in [6.07, 6.45) is 2.19. The molecular formula is C52H48N8O6. The minimum Gasteiger partial charge on any atom is -0.340 e. The minimum absolute atomic E-state index is 0.0298. The summed E-state index contributed by atoms with van der Waals surface area (Å²) in [6, 6.07) is 43.6. The Bertz CT molecular complexity index is 2870. The molecule has 6 heterocycles. The molecular weight excluding hydrogens is 833 g/mol. The van der Waals surface area contributed by atoms with Gasteiger partial charge in [0.25, 0.3) is 0 Å². The molecule has 66 heavy (non-hydrogen) atoms. The highest BCUT2D eigenvalue weighted by Gasteiger charge is 2.40. The zero-order chi connectivity index (χ0) is 44.1. The number of amides is 2. The number of imidazole rings is 2. The van der Waals surface area contributed by atoms with Gasteiger partial charge in [0.15, 0.2) is 13.6 Å². The second-order valence-corrected chi connectivity index (χ2v) is 17.5. The molecule has 4 saturated heterocycles. The molecule has 332 valence electrons. The number of fused-ring (bicyclic) bond motifs is 3. The lowest BCUT2D eigenvalue weighted by Crippen LogP contribution is -2.50. The number of aromatic nitrogens is 4. The number of ether oxygens (including phenoxy) is 4. The number of nitrogens with zero attached hydrogens (tertiary/aromatic N) is 4. The Morgan fingerprint density at radius 1 is 0.530 bits per heavy atom. The number of hydrogen-bond donors (Lipinski definition) is 4. The smallest absolute Gasteiger partial charge is 0.245 e. The molecule has 4 atom stereocenters. The van der Waals surface area contributed by atoms with Gasteiger partial charge in [-0.15, -0.1) is 0 Å². The predicted octanol–water partition coefficient (Wildman–Crippen LogP) is 8.49. The SMILES string of the molecule is O=C([C@H](NC1OCO1)c1ccccc1)N1CCC[C@H]1c1nc2ccc(-c3ccc4cc(-c5ccc6nc([C@@H]7CCCN7C(=O)[C@H](NC7OCO7)c7ccccc7)[nH]c6c5)ccc4c3)cc2[nH]1. The van der Waals surface area contributed by atoms with Gasteiger partial charge in [0.2, 0.25) is 24.6 Å². The van der Waals surface area contributed by atoms with Gasteiger partial charge >= 0.3 is 0 Å². The van der Waals surface area contributed by atoms with Crippen molar-refractivity contribution in [2.24, 2.45) is 0 Å². The average Bonchev–Trinajstić information content (AvgIpc) is 4.17. The van der Waals surface area contributed by atoms with E-state index in [2.05, 4.69) is 93.4 Å². The van der Waals surface area contributed by atoms with Crippen molar-refractivity contribution < 1.29 is 28.5 Å². The molecule has 0 saturated carbocycles. The summed E-state index contributed by atoms with van der Waals surface area (Å²) in [5.41, 5.74) is 9.66. The third-order valence-corrected chi connectivity index (χ3v) is 13.5. The first kappa shape index (κ1) is 40.7. The maximum atomic E-state index is 14.2. The van der Waals surface area contributed by atoms with Crippen LogP contribution in [0.25, 0.3) is 55.1 Å². The molecule has 4 aliphatic heterocycles. The van der Waals surface area contributed by atoms with Crippen molar-refractivity contribution in [2.45, 2.75) is 62.7 Å². The fourth-order valence-electron chi connectivity index (χ4n) is 9.95. The van der Waals surface area contributed by atoms with Gasteiger partial charge in [0.05, 0.1) is 34.2 Å². The van der Waals surface area contributed by atoms with Crippen molar-refractivity contribution in [3.63, 3.8) is 0 Å². The van der Waals surface area contributed by atoms with Crippen molar-refractivity contribution in [1.29, 1.82) is 0 Å². The number of carbonyl (C=O) groups excluding carboxylic acids is 2. The summed E-state index contributed by atoms with van der Waals surface area (Å²) in [4.78, 5) is 49.4.